The second-order valence-electron chi connectivity index (χ2n) is 9.63. The average Bonchev–Trinajstić information content (AvgIpc) is 3.32. The Balaban J connectivity index is 1.55. The van der Waals surface area contributed by atoms with Crippen LogP contribution in [0.1, 0.15) is 34.7 Å². The van der Waals surface area contributed by atoms with E-state index in [2.05, 4.69) is 48.7 Å². The highest BCUT2D eigenvalue weighted by Gasteiger charge is 2.32. The zero-order valence-electron chi connectivity index (χ0n) is 22.9. The molecule has 9 heteroatoms. The number of aromatic nitrogens is 1. The number of thioether (sulfide) groups is 1. The quantitative estimate of drug-likeness (QED) is 0.233. The van der Waals surface area contributed by atoms with Crippen molar-refractivity contribution in [2.45, 2.75) is 23.8 Å². The minimum atomic E-state index is -0.514. The molecule has 7 nitrogen and oxygen atoms in total. The number of esters is 1. The van der Waals surface area contributed by atoms with Crippen LogP contribution >= 0.6 is 23.1 Å². The third kappa shape index (κ3) is 5.00. The Kier molecular flexibility index (Phi) is 7.55. The molecule has 0 N–H and O–H groups in total. The number of hydrogen-bond acceptors (Lipinski definition) is 8. The molecule has 0 saturated carbocycles. The Hall–Kier alpha value is -4.08. The third-order valence-electron chi connectivity index (χ3n) is 7.38. The van der Waals surface area contributed by atoms with E-state index in [0.717, 1.165) is 35.2 Å². The molecule has 2 heterocycles. The van der Waals surface area contributed by atoms with Gasteiger partial charge in [-0.15, -0.1) is 11.8 Å². The van der Waals surface area contributed by atoms with Gasteiger partial charge in [-0.3, -0.25) is 9.36 Å². The molecule has 1 aliphatic carbocycles. The summed E-state index contributed by atoms with van der Waals surface area (Å²) in [6.45, 7) is -0.281. The Labute approximate surface area is 245 Å². The molecule has 0 bridgehead atoms. The van der Waals surface area contributed by atoms with Crippen molar-refractivity contribution in [3.8, 4) is 11.5 Å². The molecule has 1 unspecified atom stereocenters. The Morgan fingerprint density at radius 3 is 2.63 bits per heavy atom. The summed E-state index contributed by atoms with van der Waals surface area (Å²) in [4.78, 5) is 32.8. The van der Waals surface area contributed by atoms with Gasteiger partial charge in [-0.1, -0.05) is 59.9 Å². The highest BCUT2D eigenvalue weighted by Crippen LogP contribution is 2.41. The summed E-state index contributed by atoms with van der Waals surface area (Å²) in [5.74, 6) is 0.303. The first-order valence-corrected chi connectivity index (χ1v) is 15.2. The van der Waals surface area contributed by atoms with Crippen LogP contribution in [0.2, 0.25) is 0 Å². The van der Waals surface area contributed by atoms with Gasteiger partial charge in [-0.05, 0) is 60.1 Å². The molecule has 1 atom stereocenters. The highest BCUT2D eigenvalue weighted by molar-refractivity contribution is 7.98. The van der Waals surface area contributed by atoms with Crippen molar-refractivity contribution in [3.63, 3.8) is 0 Å². The van der Waals surface area contributed by atoms with Gasteiger partial charge in [0.05, 0.1) is 30.5 Å². The molecule has 6 rings (SSSR count). The number of hydrogen-bond donors (Lipinski definition) is 0. The summed E-state index contributed by atoms with van der Waals surface area (Å²) in [5.41, 5.74) is 6.07. The molecule has 4 aromatic rings. The zero-order chi connectivity index (χ0) is 28.5. The summed E-state index contributed by atoms with van der Waals surface area (Å²) in [6.07, 6.45) is 5.57. The lowest BCUT2D eigenvalue weighted by Gasteiger charge is -2.30. The first kappa shape index (κ1) is 27.1. The molecule has 3 aromatic carbocycles. The van der Waals surface area contributed by atoms with Gasteiger partial charge in [0.15, 0.2) is 22.9 Å². The minimum absolute atomic E-state index is 0.125. The van der Waals surface area contributed by atoms with Gasteiger partial charge in [-0.25, -0.2) is 9.79 Å². The van der Waals surface area contributed by atoms with E-state index in [1.807, 2.05) is 22.8 Å². The first-order chi connectivity index (χ1) is 20.0. The highest BCUT2D eigenvalue weighted by atomic mass is 32.2. The minimum Gasteiger partial charge on any atom is -0.493 e. The van der Waals surface area contributed by atoms with Crippen LogP contribution in [0.25, 0.3) is 11.8 Å². The van der Waals surface area contributed by atoms with Crippen molar-refractivity contribution in [2.75, 3.05) is 27.1 Å². The Bertz CT molecular complexity index is 1850. The molecule has 1 aromatic heterocycles. The van der Waals surface area contributed by atoms with E-state index in [0.29, 0.717) is 26.4 Å². The van der Waals surface area contributed by atoms with E-state index in [4.69, 9.17) is 19.2 Å². The predicted molar refractivity (Wildman–Crippen MR) is 161 cm³/mol. The average molecular weight is 585 g/mol. The fourth-order valence-electron chi connectivity index (χ4n) is 5.40. The largest absolute Gasteiger partial charge is 0.493 e. The van der Waals surface area contributed by atoms with Crippen LogP contribution in [0.3, 0.4) is 0 Å². The molecule has 41 heavy (non-hydrogen) atoms. The maximum Gasteiger partial charge on any atom is 0.343 e. The van der Waals surface area contributed by atoms with Crippen molar-refractivity contribution in [3.05, 3.63) is 114 Å². The summed E-state index contributed by atoms with van der Waals surface area (Å²) in [6, 6.07) is 22.0. The molecule has 0 amide bonds. The topological polar surface area (TPSA) is 79.1 Å². The van der Waals surface area contributed by atoms with Crippen LogP contribution in [-0.2, 0) is 16.0 Å². The smallest absolute Gasteiger partial charge is 0.343 e. The Morgan fingerprint density at radius 2 is 1.88 bits per heavy atom. The van der Waals surface area contributed by atoms with Crippen LogP contribution in [0.15, 0.2) is 87.0 Å². The van der Waals surface area contributed by atoms with Crippen LogP contribution in [0.5, 0.6) is 11.5 Å². The van der Waals surface area contributed by atoms with Crippen molar-refractivity contribution in [1.29, 1.82) is 0 Å². The van der Waals surface area contributed by atoms with Gasteiger partial charge >= 0.3 is 5.97 Å². The van der Waals surface area contributed by atoms with E-state index in [-0.39, 0.29) is 18.2 Å². The first-order valence-electron chi connectivity index (χ1n) is 13.2. The number of fused-ring (bicyclic) bond motifs is 3. The maximum atomic E-state index is 14.1. The standard InChI is InChI=1S/C32H28N2O5S2/c1-37-25-10-6-8-21(30(25)39-18-27(35)38-2)17-26-31(36)34-29(20-11-14-22(40-3)15-12-20)24-16-13-19-7-4-5-9-23(19)28(24)33-32(34)41-26/h4-12,14-15,17,29H,13,16,18H2,1-3H3. The number of methoxy groups -OCH3 is 2. The lowest BCUT2D eigenvalue weighted by molar-refractivity contribution is -0.142. The summed E-state index contributed by atoms with van der Waals surface area (Å²) < 4.78 is 18.3. The summed E-state index contributed by atoms with van der Waals surface area (Å²) in [5, 5.41) is 0. The van der Waals surface area contributed by atoms with Crippen LogP contribution in [0.4, 0.5) is 0 Å². The number of nitrogens with zero attached hydrogens (tertiary/aromatic N) is 2. The van der Waals surface area contributed by atoms with Crippen LogP contribution in [-0.4, -0.2) is 37.6 Å². The van der Waals surface area contributed by atoms with Gasteiger partial charge < -0.3 is 14.2 Å². The lowest BCUT2D eigenvalue weighted by atomic mass is 9.83. The molecule has 208 valence electrons. The molecule has 0 fully saturated rings. The van der Waals surface area contributed by atoms with Gasteiger partial charge in [-0.2, -0.15) is 0 Å². The lowest BCUT2D eigenvalue weighted by Crippen LogP contribution is -2.38. The SMILES string of the molecule is COC(=O)COc1c(C=c2sc3n(c2=O)C(c2ccc(SC)cc2)C2=C(N=3)c3ccccc3CC2)cccc1OC. The predicted octanol–water partition coefficient (Wildman–Crippen LogP) is 4.60. The molecule has 2 aliphatic rings. The molecule has 1 aliphatic heterocycles. The monoisotopic (exact) mass is 584 g/mol. The van der Waals surface area contributed by atoms with Crippen LogP contribution < -0.4 is 24.4 Å². The van der Waals surface area contributed by atoms with E-state index in [9.17, 15) is 9.59 Å². The van der Waals surface area contributed by atoms with Gasteiger partial charge in [0.2, 0.25) is 0 Å². The zero-order valence-corrected chi connectivity index (χ0v) is 24.5. The van der Waals surface area contributed by atoms with Crippen LogP contribution in [0, 0.1) is 0 Å². The normalized spacial score (nSPS) is 15.9. The third-order valence-corrected chi connectivity index (χ3v) is 9.11. The van der Waals surface area contributed by atoms with Crippen molar-refractivity contribution in [1.82, 2.24) is 4.57 Å². The van der Waals surface area contributed by atoms with Gasteiger partial charge in [0, 0.05) is 16.0 Å². The van der Waals surface area contributed by atoms with E-state index >= 15 is 0 Å². The van der Waals surface area contributed by atoms with Gasteiger partial charge in [0.25, 0.3) is 5.56 Å². The second-order valence-corrected chi connectivity index (χ2v) is 11.5. The molecule has 0 spiro atoms. The fourth-order valence-corrected chi connectivity index (χ4v) is 6.80. The summed E-state index contributed by atoms with van der Waals surface area (Å²) in [7, 11) is 2.83. The van der Waals surface area contributed by atoms with E-state index < -0.39 is 5.97 Å². The molecule has 0 saturated heterocycles. The number of carbonyl (C=O) groups is 1. The number of para-hydroxylation sites is 1. The molecule has 0 radical (unpaired) electrons. The van der Waals surface area contributed by atoms with Crippen molar-refractivity contribution < 1.29 is 19.0 Å². The number of ether oxygens (including phenoxy) is 3. The number of aryl methyl sites for hydroxylation is 1. The molecular weight excluding hydrogens is 556 g/mol. The summed E-state index contributed by atoms with van der Waals surface area (Å²) >= 11 is 3.04. The van der Waals surface area contributed by atoms with Crippen molar-refractivity contribution >= 4 is 40.8 Å². The molecular formula is C32H28N2O5S2. The number of carbonyl (C=O) groups excluding carboxylic acids is 1. The van der Waals surface area contributed by atoms with E-state index in [1.165, 1.54) is 36.0 Å². The maximum absolute atomic E-state index is 14.1. The van der Waals surface area contributed by atoms with Crippen molar-refractivity contribution in [2.24, 2.45) is 4.99 Å². The number of benzene rings is 3. The second kappa shape index (κ2) is 11.4. The van der Waals surface area contributed by atoms with E-state index in [1.54, 1.807) is 23.9 Å². The number of rotatable bonds is 7. The number of allylic oxidation sites excluding steroid dienone is 1. The Morgan fingerprint density at radius 1 is 1.07 bits per heavy atom. The number of thiazole rings is 1. The van der Waals surface area contributed by atoms with Gasteiger partial charge in [0.1, 0.15) is 0 Å². The fraction of sp³-hybridized carbons (Fsp3) is 0.219.